The molecule has 4 nitrogen and oxygen atoms in total. The fraction of sp³-hybridized carbons (Fsp3) is 0.133. The minimum atomic E-state index is -0.269. The molecule has 2 aromatic carbocycles. The molecule has 0 aliphatic carbocycles. The highest BCUT2D eigenvalue weighted by Crippen LogP contribution is 2.18. The highest BCUT2D eigenvalue weighted by atomic mass is 19.1. The van der Waals surface area contributed by atoms with Crippen molar-refractivity contribution in [3.05, 3.63) is 65.0 Å². The van der Waals surface area contributed by atoms with Crippen LogP contribution in [0.1, 0.15) is 16.7 Å². The molecule has 0 aliphatic heterocycles. The molecule has 0 saturated heterocycles. The van der Waals surface area contributed by atoms with Crippen molar-refractivity contribution >= 4 is 5.84 Å². The zero-order chi connectivity index (χ0) is 14.5. The van der Waals surface area contributed by atoms with E-state index >= 15 is 0 Å². The fourth-order valence-electron chi connectivity index (χ4n) is 1.82. The molecule has 2 rings (SSSR count). The average molecular weight is 274 g/mol. The second-order valence-electron chi connectivity index (χ2n) is 4.34. The standard InChI is InChI=1S/C15H15FN2O2/c1-10-8-12(6-7-14(10)16)20-9-11-4-2-3-5-13(11)15(17)18-19/h2-8,19H,9H2,1H3,(H2,17,18). The number of nitrogens with zero attached hydrogens (tertiary/aromatic N) is 1. The molecule has 5 heteroatoms. The lowest BCUT2D eigenvalue weighted by Gasteiger charge is -2.10. The third-order valence-electron chi connectivity index (χ3n) is 2.92. The minimum Gasteiger partial charge on any atom is -0.489 e. The van der Waals surface area contributed by atoms with Crippen LogP contribution in [0, 0.1) is 12.7 Å². The van der Waals surface area contributed by atoms with Crippen molar-refractivity contribution in [2.45, 2.75) is 13.5 Å². The van der Waals surface area contributed by atoms with E-state index < -0.39 is 0 Å². The Morgan fingerprint density at radius 1 is 1.30 bits per heavy atom. The van der Waals surface area contributed by atoms with Crippen molar-refractivity contribution in [2.24, 2.45) is 10.9 Å². The number of ether oxygens (including phenoxy) is 1. The number of benzene rings is 2. The van der Waals surface area contributed by atoms with E-state index in [1.54, 1.807) is 31.2 Å². The number of oxime groups is 1. The van der Waals surface area contributed by atoms with Gasteiger partial charge in [-0.1, -0.05) is 29.4 Å². The van der Waals surface area contributed by atoms with Crippen LogP contribution in [0.15, 0.2) is 47.6 Å². The van der Waals surface area contributed by atoms with Gasteiger partial charge in [0, 0.05) is 11.1 Å². The van der Waals surface area contributed by atoms with E-state index in [4.69, 9.17) is 15.7 Å². The lowest BCUT2D eigenvalue weighted by Crippen LogP contribution is -2.16. The molecule has 0 amide bonds. The molecule has 2 aromatic rings. The molecule has 0 saturated carbocycles. The van der Waals surface area contributed by atoms with E-state index in [0.717, 1.165) is 5.56 Å². The summed E-state index contributed by atoms with van der Waals surface area (Å²) >= 11 is 0. The van der Waals surface area contributed by atoms with Gasteiger partial charge in [0.1, 0.15) is 18.2 Å². The monoisotopic (exact) mass is 274 g/mol. The molecule has 0 fully saturated rings. The van der Waals surface area contributed by atoms with Gasteiger partial charge in [-0.3, -0.25) is 0 Å². The van der Waals surface area contributed by atoms with Crippen molar-refractivity contribution in [1.29, 1.82) is 0 Å². The van der Waals surface area contributed by atoms with Gasteiger partial charge in [-0.05, 0) is 30.7 Å². The quantitative estimate of drug-likeness (QED) is 0.390. The van der Waals surface area contributed by atoms with Gasteiger partial charge in [0.05, 0.1) is 0 Å². The van der Waals surface area contributed by atoms with Gasteiger partial charge in [-0.15, -0.1) is 0 Å². The summed E-state index contributed by atoms with van der Waals surface area (Å²) in [6, 6.07) is 11.7. The fourth-order valence-corrected chi connectivity index (χ4v) is 1.82. The molecule has 0 spiro atoms. The molecule has 20 heavy (non-hydrogen) atoms. The summed E-state index contributed by atoms with van der Waals surface area (Å²) < 4.78 is 18.8. The Hall–Kier alpha value is -2.56. The third kappa shape index (κ3) is 3.06. The van der Waals surface area contributed by atoms with E-state index in [0.29, 0.717) is 16.9 Å². The highest BCUT2D eigenvalue weighted by molar-refractivity contribution is 5.98. The van der Waals surface area contributed by atoms with E-state index in [1.165, 1.54) is 6.07 Å². The van der Waals surface area contributed by atoms with Gasteiger partial charge in [0.25, 0.3) is 0 Å². The number of hydrogen-bond acceptors (Lipinski definition) is 3. The van der Waals surface area contributed by atoms with Crippen molar-refractivity contribution in [1.82, 2.24) is 0 Å². The Bertz CT molecular complexity index is 642. The lowest BCUT2D eigenvalue weighted by atomic mass is 10.1. The molecule has 3 N–H and O–H groups in total. The van der Waals surface area contributed by atoms with Gasteiger partial charge in [0.15, 0.2) is 5.84 Å². The van der Waals surface area contributed by atoms with Crippen LogP contribution in [0.2, 0.25) is 0 Å². The maximum absolute atomic E-state index is 13.2. The summed E-state index contributed by atoms with van der Waals surface area (Å²) in [5.41, 5.74) is 7.51. The molecular weight excluding hydrogens is 259 g/mol. The molecule has 104 valence electrons. The maximum atomic E-state index is 13.2. The Labute approximate surface area is 116 Å². The maximum Gasteiger partial charge on any atom is 0.170 e. The van der Waals surface area contributed by atoms with Crippen LogP contribution in [0.3, 0.4) is 0 Å². The Morgan fingerprint density at radius 3 is 2.75 bits per heavy atom. The Morgan fingerprint density at radius 2 is 2.05 bits per heavy atom. The van der Waals surface area contributed by atoms with Gasteiger partial charge in [-0.25, -0.2) is 4.39 Å². The predicted octanol–water partition coefficient (Wildman–Crippen LogP) is 2.81. The first-order valence-electron chi connectivity index (χ1n) is 6.06. The van der Waals surface area contributed by atoms with Crippen molar-refractivity contribution in [2.75, 3.05) is 0 Å². The van der Waals surface area contributed by atoms with Gasteiger partial charge in [0.2, 0.25) is 0 Å². The largest absolute Gasteiger partial charge is 0.489 e. The first kappa shape index (κ1) is 13.9. The summed E-state index contributed by atoms with van der Waals surface area (Å²) in [4.78, 5) is 0. The number of amidine groups is 1. The molecule has 0 radical (unpaired) electrons. The van der Waals surface area contributed by atoms with Gasteiger partial charge >= 0.3 is 0 Å². The van der Waals surface area contributed by atoms with Crippen molar-refractivity contribution in [3.63, 3.8) is 0 Å². The number of halogens is 1. The summed E-state index contributed by atoms with van der Waals surface area (Å²) in [5.74, 6) is 0.326. The molecule has 0 atom stereocenters. The Balaban J connectivity index is 2.17. The SMILES string of the molecule is Cc1cc(OCc2ccccc2/C(N)=N/O)ccc1F. The van der Waals surface area contributed by atoms with Crippen LogP contribution in [0.4, 0.5) is 4.39 Å². The number of aryl methyl sites for hydroxylation is 1. The smallest absolute Gasteiger partial charge is 0.170 e. The van der Waals surface area contributed by atoms with E-state index in [9.17, 15) is 4.39 Å². The molecule has 0 bridgehead atoms. The predicted molar refractivity (Wildman–Crippen MR) is 74.4 cm³/mol. The lowest BCUT2D eigenvalue weighted by molar-refractivity contribution is 0.304. The summed E-state index contributed by atoms with van der Waals surface area (Å²) in [5, 5.41) is 11.7. The van der Waals surface area contributed by atoms with Crippen LogP contribution < -0.4 is 10.5 Å². The zero-order valence-corrected chi connectivity index (χ0v) is 11.0. The van der Waals surface area contributed by atoms with Gasteiger partial charge < -0.3 is 15.7 Å². The zero-order valence-electron chi connectivity index (χ0n) is 11.0. The molecule has 0 aliphatic rings. The normalized spacial score (nSPS) is 11.4. The summed E-state index contributed by atoms with van der Waals surface area (Å²) in [6.07, 6.45) is 0. The van der Waals surface area contributed by atoms with Crippen molar-refractivity contribution in [3.8, 4) is 5.75 Å². The first-order valence-corrected chi connectivity index (χ1v) is 6.06. The van der Waals surface area contributed by atoms with Gasteiger partial charge in [-0.2, -0.15) is 0 Å². The van der Waals surface area contributed by atoms with Crippen LogP contribution in [0.25, 0.3) is 0 Å². The second-order valence-corrected chi connectivity index (χ2v) is 4.34. The Kier molecular flexibility index (Phi) is 4.20. The summed E-state index contributed by atoms with van der Waals surface area (Å²) in [6.45, 7) is 1.92. The van der Waals surface area contributed by atoms with Crippen molar-refractivity contribution < 1.29 is 14.3 Å². The molecule has 0 aromatic heterocycles. The first-order chi connectivity index (χ1) is 9.61. The third-order valence-corrected chi connectivity index (χ3v) is 2.92. The van der Waals surface area contributed by atoms with Crippen LogP contribution in [0.5, 0.6) is 5.75 Å². The summed E-state index contributed by atoms with van der Waals surface area (Å²) in [7, 11) is 0. The number of hydrogen-bond donors (Lipinski definition) is 2. The van der Waals surface area contributed by atoms with Crippen LogP contribution >= 0.6 is 0 Å². The second kappa shape index (κ2) is 6.06. The highest BCUT2D eigenvalue weighted by Gasteiger charge is 2.07. The minimum absolute atomic E-state index is 0.0273. The van der Waals surface area contributed by atoms with E-state index in [2.05, 4.69) is 5.16 Å². The average Bonchev–Trinajstić information content (AvgIpc) is 2.48. The van der Waals surface area contributed by atoms with Crippen LogP contribution in [-0.4, -0.2) is 11.0 Å². The van der Waals surface area contributed by atoms with E-state index in [1.807, 2.05) is 12.1 Å². The number of rotatable bonds is 4. The molecular formula is C15H15FN2O2. The molecule has 0 unspecified atom stereocenters. The molecule has 0 heterocycles. The number of nitrogens with two attached hydrogens (primary N) is 1. The topological polar surface area (TPSA) is 67.8 Å². The van der Waals surface area contributed by atoms with Crippen LogP contribution in [-0.2, 0) is 6.61 Å². The van der Waals surface area contributed by atoms with E-state index in [-0.39, 0.29) is 18.3 Å².